The van der Waals surface area contributed by atoms with Crippen molar-refractivity contribution in [2.24, 2.45) is 0 Å². The van der Waals surface area contributed by atoms with Crippen molar-refractivity contribution in [2.45, 2.75) is 45.1 Å². The average molecular weight is 311 g/mol. The summed E-state index contributed by atoms with van der Waals surface area (Å²) in [5, 5.41) is 1.45. The molecule has 2 rings (SSSR count). The fourth-order valence-electron chi connectivity index (χ4n) is 2.47. The van der Waals surface area contributed by atoms with Crippen molar-refractivity contribution in [3.8, 4) is 0 Å². The summed E-state index contributed by atoms with van der Waals surface area (Å²) in [7, 11) is 0. The molecule has 1 atom stereocenters. The number of rotatable bonds is 7. The van der Waals surface area contributed by atoms with E-state index < -0.39 is 0 Å². The van der Waals surface area contributed by atoms with Crippen LogP contribution in [0, 0.1) is 0 Å². The van der Waals surface area contributed by atoms with Gasteiger partial charge in [-0.1, -0.05) is 55.5 Å². The lowest BCUT2D eigenvalue weighted by Gasteiger charge is -2.19. The van der Waals surface area contributed by atoms with Crippen LogP contribution in [0.3, 0.4) is 0 Å². The standard InChI is InChI=1S/C16H20Cl2N2/c1-2-3-4-5-13(11-20-9-8-19-12-20)15-7-6-14(17)10-16(15)18/h6-10,12-13H,2-5,11H2,1H3. The second-order valence-electron chi connectivity index (χ2n) is 5.12. The van der Waals surface area contributed by atoms with Crippen molar-refractivity contribution < 1.29 is 0 Å². The molecule has 2 aromatic rings. The number of benzene rings is 1. The normalized spacial score (nSPS) is 12.6. The number of nitrogens with zero attached hydrogens (tertiary/aromatic N) is 2. The average Bonchev–Trinajstić information content (AvgIpc) is 2.91. The lowest BCUT2D eigenvalue weighted by molar-refractivity contribution is 0.497. The quantitative estimate of drug-likeness (QED) is 0.613. The molecule has 1 heterocycles. The minimum absolute atomic E-state index is 0.403. The van der Waals surface area contributed by atoms with E-state index in [0.717, 1.165) is 18.0 Å². The van der Waals surface area contributed by atoms with Crippen LogP contribution in [0.4, 0.5) is 0 Å². The molecule has 0 aliphatic rings. The number of halogens is 2. The molecular weight excluding hydrogens is 291 g/mol. The van der Waals surface area contributed by atoms with Gasteiger partial charge in [0.25, 0.3) is 0 Å². The highest BCUT2D eigenvalue weighted by Gasteiger charge is 2.15. The SMILES string of the molecule is CCCCCC(Cn1ccnc1)c1ccc(Cl)cc1Cl. The van der Waals surface area contributed by atoms with Gasteiger partial charge in [0.1, 0.15) is 0 Å². The Kier molecular flexibility index (Phi) is 5.93. The Balaban J connectivity index is 2.15. The van der Waals surface area contributed by atoms with E-state index in [2.05, 4.69) is 22.5 Å². The van der Waals surface area contributed by atoms with E-state index in [1.54, 1.807) is 0 Å². The predicted octanol–water partition coefficient (Wildman–Crippen LogP) is 5.55. The second kappa shape index (κ2) is 7.70. The van der Waals surface area contributed by atoms with Crippen LogP contribution >= 0.6 is 23.2 Å². The molecule has 108 valence electrons. The summed E-state index contributed by atoms with van der Waals surface area (Å²) in [6.07, 6.45) is 10.5. The Bertz CT molecular complexity index is 523. The second-order valence-corrected chi connectivity index (χ2v) is 5.96. The number of hydrogen-bond donors (Lipinski definition) is 0. The third kappa shape index (κ3) is 4.26. The van der Waals surface area contributed by atoms with E-state index in [4.69, 9.17) is 23.2 Å². The Labute approximate surface area is 130 Å². The van der Waals surface area contributed by atoms with Crippen molar-refractivity contribution in [1.82, 2.24) is 9.55 Å². The largest absolute Gasteiger partial charge is 0.337 e. The topological polar surface area (TPSA) is 17.8 Å². The fourth-order valence-corrected chi connectivity index (χ4v) is 3.03. The molecule has 0 N–H and O–H groups in total. The number of hydrogen-bond acceptors (Lipinski definition) is 1. The highest BCUT2D eigenvalue weighted by molar-refractivity contribution is 6.35. The van der Waals surface area contributed by atoms with Crippen molar-refractivity contribution in [3.05, 3.63) is 52.5 Å². The molecule has 0 fully saturated rings. The maximum Gasteiger partial charge on any atom is 0.0946 e. The molecule has 4 heteroatoms. The van der Waals surface area contributed by atoms with E-state index in [1.807, 2.05) is 30.9 Å². The molecule has 0 amide bonds. The molecule has 0 aliphatic heterocycles. The third-order valence-electron chi connectivity index (χ3n) is 3.55. The van der Waals surface area contributed by atoms with Gasteiger partial charge in [-0.3, -0.25) is 0 Å². The Hall–Kier alpha value is -0.990. The van der Waals surface area contributed by atoms with Gasteiger partial charge in [0.2, 0.25) is 0 Å². The summed E-state index contributed by atoms with van der Waals surface area (Å²) in [4.78, 5) is 4.11. The van der Waals surface area contributed by atoms with Crippen LogP contribution in [0.1, 0.15) is 44.1 Å². The van der Waals surface area contributed by atoms with Gasteiger partial charge >= 0.3 is 0 Å². The first-order valence-electron chi connectivity index (χ1n) is 7.11. The Morgan fingerprint density at radius 2 is 2.10 bits per heavy atom. The molecule has 0 saturated heterocycles. The predicted molar refractivity (Wildman–Crippen MR) is 85.6 cm³/mol. The van der Waals surface area contributed by atoms with Gasteiger partial charge in [-0.05, 0) is 24.1 Å². The first-order valence-corrected chi connectivity index (χ1v) is 7.87. The molecule has 0 spiro atoms. The van der Waals surface area contributed by atoms with Gasteiger partial charge in [-0.25, -0.2) is 4.98 Å². The molecule has 1 aromatic carbocycles. The van der Waals surface area contributed by atoms with Crippen molar-refractivity contribution in [1.29, 1.82) is 0 Å². The van der Waals surface area contributed by atoms with Gasteiger partial charge < -0.3 is 4.57 Å². The van der Waals surface area contributed by atoms with Crippen LogP contribution in [-0.2, 0) is 6.54 Å². The highest BCUT2D eigenvalue weighted by Crippen LogP contribution is 2.32. The lowest BCUT2D eigenvalue weighted by Crippen LogP contribution is -2.09. The molecule has 0 bridgehead atoms. The van der Waals surface area contributed by atoms with Gasteiger partial charge in [0.15, 0.2) is 0 Å². The van der Waals surface area contributed by atoms with Gasteiger partial charge in [0.05, 0.1) is 6.33 Å². The third-order valence-corrected chi connectivity index (χ3v) is 4.11. The first-order chi connectivity index (χ1) is 9.70. The molecule has 1 aromatic heterocycles. The van der Waals surface area contributed by atoms with E-state index >= 15 is 0 Å². The molecule has 0 saturated carbocycles. The van der Waals surface area contributed by atoms with Crippen LogP contribution in [0.25, 0.3) is 0 Å². The smallest absolute Gasteiger partial charge is 0.0946 e. The maximum absolute atomic E-state index is 6.37. The zero-order chi connectivity index (χ0) is 14.4. The molecule has 0 radical (unpaired) electrons. The summed E-state index contributed by atoms with van der Waals surface area (Å²) in [5.41, 5.74) is 1.18. The zero-order valence-electron chi connectivity index (χ0n) is 11.7. The maximum atomic E-state index is 6.37. The highest BCUT2D eigenvalue weighted by atomic mass is 35.5. The Morgan fingerprint density at radius 3 is 2.75 bits per heavy atom. The van der Waals surface area contributed by atoms with E-state index in [1.165, 1.54) is 24.8 Å². The number of unbranched alkanes of at least 4 members (excludes halogenated alkanes) is 2. The molecular formula is C16H20Cl2N2. The van der Waals surface area contributed by atoms with Crippen molar-refractivity contribution in [2.75, 3.05) is 0 Å². The first kappa shape index (κ1) is 15.4. The lowest BCUT2D eigenvalue weighted by atomic mass is 9.93. The molecule has 20 heavy (non-hydrogen) atoms. The number of imidazole rings is 1. The minimum Gasteiger partial charge on any atom is -0.337 e. The van der Waals surface area contributed by atoms with Crippen molar-refractivity contribution in [3.63, 3.8) is 0 Å². The minimum atomic E-state index is 0.403. The van der Waals surface area contributed by atoms with Crippen LogP contribution in [0.2, 0.25) is 10.0 Å². The van der Waals surface area contributed by atoms with Crippen molar-refractivity contribution >= 4 is 23.2 Å². The summed E-state index contributed by atoms with van der Waals surface area (Å²) in [6, 6.07) is 5.81. The van der Waals surface area contributed by atoms with Crippen LogP contribution in [0.15, 0.2) is 36.9 Å². The molecule has 0 aliphatic carbocycles. The summed E-state index contributed by atoms with van der Waals surface area (Å²) in [5.74, 6) is 0.403. The summed E-state index contributed by atoms with van der Waals surface area (Å²) >= 11 is 12.4. The van der Waals surface area contributed by atoms with Gasteiger partial charge in [-0.2, -0.15) is 0 Å². The fraction of sp³-hybridized carbons (Fsp3) is 0.438. The van der Waals surface area contributed by atoms with Crippen LogP contribution in [0.5, 0.6) is 0 Å². The Morgan fingerprint density at radius 1 is 1.25 bits per heavy atom. The van der Waals surface area contributed by atoms with E-state index in [9.17, 15) is 0 Å². The zero-order valence-corrected chi connectivity index (χ0v) is 13.2. The number of aromatic nitrogens is 2. The van der Waals surface area contributed by atoms with E-state index in [-0.39, 0.29) is 0 Å². The monoisotopic (exact) mass is 310 g/mol. The van der Waals surface area contributed by atoms with Crippen LogP contribution in [-0.4, -0.2) is 9.55 Å². The van der Waals surface area contributed by atoms with Crippen LogP contribution < -0.4 is 0 Å². The van der Waals surface area contributed by atoms with E-state index in [0.29, 0.717) is 10.9 Å². The molecule has 2 nitrogen and oxygen atoms in total. The summed E-state index contributed by atoms with van der Waals surface area (Å²) < 4.78 is 2.11. The summed E-state index contributed by atoms with van der Waals surface area (Å²) in [6.45, 7) is 3.13. The van der Waals surface area contributed by atoms with Gasteiger partial charge in [0, 0.05) is 34.9 Å². The van der Waals surface area contributed by atoms with Gasteiger partial charge in [-0.15, -0.1) is 0 Å². The molecule has 1 unspecified atom stereocenters.